The van der Waals surface area contributed by atoms with Crippen molar-refractivity contribution < 1.29 is 9.18 Å². The summed E-state index contributed by atoms with van der Waals surface area (Å²) >= 11 is 0. The molecule has 3 rings (SSSR count). The van der Waals surface area contributed by atoms with Crippen molar-refractivity contribution in [1.29, 1.82) is 0 Å². The van der Waals surface area contributed by atoms with Crippen molar-refractivity contribution in [3.8, 4) is 0 Å². The van der Waals surface area contributed by atoms with Gasteiger partial charge in [0.25, 0.3) is 0 Å². The Hall–Kier alpha value is -3.10. The van der Waals surface area contributed by atoms with Gasteiger partial charge in [-0.1, -0.05) is 12.1 Å². The number of aromatic amines is 1. The predicted octanol–water partition coefficient (Wildman–Crippen LogP) is 1.20. The molecule has 0 saturated carbocycles. The van der Waals surface area contributed by atoms with Gasteiger partial charge in [-0.15, -0.1) is 0 Å². The minimum absolute atomic E-state index is 0.0526. The van der Waals surface area contributed by atoms with Crippen LogP contribution >= 0.6 is 0 Å². The van der Waals surface area contributed by atoms with Crippen LogP contribution in [0.2, 0.25) is 0 Å². The van der Waals surface area contributed by atoms with Crippen molar-refractivity contribution in [3.05, 3.63) is 41.8 Å². The average molecular weight is 373 g/mol. The fourth-order valence-corrected chi connectivity index (χ4v) is 3.15. The number of hydrogen-bond donors (Lipinski definition) is 4. The third-order valence-electron chi connectivity index (χ3n) is 4.57. The van der Waals surface area contributed by atoms with E-state index < -0.39 is 0 Å². The average Bonchev–Trinajstić information content (AvgIpc) is 3.11. The van der Waals surface area contributed by atoms with Crippen LogP contribution in [0.1, 0.15) is 18.4 Å². The van der Waals surface area contributed by atoms with Crippen molar-refractivity contribution in [3.63, 3.8) is 0 Å². The monoisotopic (exact) mass is 373 g/mol. The number of para-hydroxylation sites is 1. The first-order valence-electron chi connectivity index (χ1n) is 8.87. The molecule has 0 radical (unpaired) electrons. The predicted molar refractivity (Wildman–Crippen MR) is 103 cm³/mol. The summed E-state index contributed by atoms with van der Waals surface area (Å²) in [6.07, 6.45) is 3.41. The summed E-state index contributed by atoms with van der Waals surface area (Å²) in [5.41, 5.74) is 6.90. The molecule has 9 heteroatoms. The number of rotatable bonds is 5. The summed E-state index contributed by atoms with van der Waals surface area (Å²) in [5, 5.41) is 12.8. The molecule has 1 aliphatic rings. The Bertz CT molecular complexity index is 820. The van der Waals surface area contributed by atoms with Gasteiger partial charge in [0.2, 0.25) is 5.91 Å². The number of anilines is 2. The highest BCUT2D eigenvalue weighted by Crippen LogP contribution is 2.15. The maximum Gasteiger partial charge on any atom is 0.241 e. The summed E-state index contributed by atoms with van der Waals surface area (Å²) in [6, 6.07) is 6.37. The zero-order valence-corrected chi connectivity index (χ0v) is 15.2. The maximum absolute atomic E-state index is 13.7. The van der Waals surface area contributed by atoms with Crippen LogP contribution in [-0.4, -0.2) is 59.6 Å². The maximum atomic E-state index is 13.7. The number of aromatic nitrogens is 2. The van der Waals surface area contributed by atoms with E-state index in [4.69, 9.17) is 5.73 Å². The number of benzene rings is 1. The summed E-state index contributed by atoms with van der Waals surface area (Å²) in [4.78, 5) is 18.5. The first-order chi connectivity index (χ1) is 13.1. The van der Waals surface area contributed by atoms with Crippen LogP contribution in [-0.2, 0) is 4.79 Å². The number of H-pyrrole nitrogens is 1. The zero-order chi connectivity index (χ0) is 19.2. The fourth-order valence-electron chi connectivity index (χ4n) is 3.15. The van der Waals surface area contributed by atoms with Crippen molar-refractivity contribution in [1.82, 2.24) is 20.4 Å². The highest BCUT2D eigenvalue weighted by Gasteiger charge is 2.25. The number of carbonyl (C=O) groups excluding carboxylic acids is 1. The van der Waals surface area contributed by atoms with E-state index in [0.717, 1.165) is 12.8 Å². The number of nitrogens with two attached hydrogens (primary N) is 1. The van der Waals surface area contributed by atoms with Crippen molar-refractivity contribution in [2.24, 2.45) is 4.99 Å². The molecule has 1 fully saturated rings. The molecular formula is C18H24FN7O. The highest BCUT2D eigenvalue weighted by atomic mass is 19.1. The van der Waals surface area contributed by atoms with Gasteiger partial charge in [-0.3, -0.25) is 14.9 Å². The molecule has 0 unspecified atom stereocenters. The van der Waals surface area contributed by atoms with E-state index in [1.807, 2.05) is 0 Å². The van der Waals surface area contributed by atoms with E-state index in [9.17, 15) is 9.18 Å². The van der Waals surface area contributed by atoms with E-state index in [-0.39, 0.29) is 24.3 Å². The van der Waals surface area contributed by atoms with Crippen molar-refractivity contribution in [2.45, 2.75) is 18.9 Å². The molecule has 1 atom stereocenters. The third-order valence-corrected chi connectivity index (χ3v) is 4.57. The second-order valence-corrected chi connectivity index (χ2v) is 6.43. The van der Waals surface area contributed by atoms with Crippen molar-refractivity contribution >= 4 is 23.2 Å². The minimum Gasteiger partial charge on any atom is -0.383 e. The summed E-state index contributed by atoms with van der Waals surface area (Å²) in [6.45, 7) is 1.29. The molecule has 1 saturated heterocycles. The lowest BCUT2D eigenvalue weighted by Gasteiger charge is -2.34. The van der Waals surface area contributed by atoms with Gasteiger partial charge >= 0.3 is 0 Å². The molecule has 2 aromatic rings. The molecular weight excluding hydrogens is 349 g/mol. The summed E-state index contributed by atoms with van der Waals surface area (Å²) in [5.74, 6) is 0.651. The van der Waals surface area contributed by atoms with Crippen LogP contribution in [0.3, 0.4) is 0 Å². The summed E-state index contributed by atoms with van der Waals surface area (Å²) < 4.78 is 13.7. The molecule has 2 heterocycles. The topological polar surface area (TPSA) is 111 Å². The number of nitrogen functional groups attached to an aromatic ring is 1. The Balaban J connectivity index is 1.56. The molecule has 1 aliphatic heterocycles. The van der Waals surface area contributed by atoms with Crippen LogP contribution in [0.15, 0.2) is 35.5 Å². The lowest BCUT2D eigenvalue weighted by molar-refractivity contribution is -0.130. The Kier molecular flexibility index (Phi) is 5.90. The first kappa shape index (κ1) is 18.7. The van der Waals surface area contributed by atoms with Gasteiger partial charge in [-0.05, 0) is 25.0 Å². The van der Waals surface area contributed by atoms with Crippen LogP contribution in [0.25, 0.3) is 0 Å². The van der Waals surface area contributed by atoms with Gasteiger partial charge in [-0.2, -0.15) is 5.10 Å². The van der Waals surface area contributed by atoms with Crippen LogP contribution < -0.4 is 16.4 Å². The molecule has 1 aromatic heterocycles. The molecule has 27 heavy (non-hydrogen) atoms. The van der Waals surface area contributed by atoms with E-state index in [0.29, 0.717) is 36.0 Å². The number of likely N-dealkylation sites (tertiary alicyclic amines) is 1. The fraction of sp³-hybridized carbons (Fsp3) is 0.389. The third kappa shape index (κ3) is 4.55. The number of aliphatic imine (C=N–C) groups is 1. The number of carbonyl (C=O) groups is 1. The number of hydrogen-bond acceptors (Lipinski definition) is 5. The van der Waals surface area contributed by atoms with E-state index in [1.54, 1.807) is 36.3 Å². The standard InChI is InChI=1S/C18H24FN7O/c1-21-18(13-9-23-25-17(13)20)24-12-5-4-8-26(11-12)16(27)10-22-15-7-3-2-6-14(15)19/h2-3,6-7,9,12,22H,4-5,8,10-11H2,1H3,(H,21,24)(H3,20,23,25)/t12-/m0/s1. The van der Waals surface area contributed by atoms with Crippen LogP contribution in [0.5, 0.6) is 0 Å². The molecule has 1 amide bonds. The minimum atomic E-state index is -0.370. The number of nitrogens with one attached hydrogen (secondary N) is 3. The van der Waals surface area contributed by atoms with E-state index in [2.05, 4.69) is 25.8 Å². The molecule has 0 aliphatic carbocycles. The van der Waals surface area contributed by atoms with Gasteiger partial charge in [0.05, 0.1) is 24.0 Å². The molecule has 0 spiro atoms. The Morgan fingerprint density at radius 3 is 3.00 bits per heavy atom. The lowest BCUT2D eigenvalue weighted by atomic mass is 10.0. The molecule has 1 aromatic carbocycles. The smallest absolute Gasteiger partial charge is 0.241 e. The SMILES string of the molecule is CN=C(N[C@H]1CCCN(C(=O)CNc2ccccc2F)C1)c1cn[nH]c1N. The second kappa shape index (κ2) is 8.52. The molecule has 5 N–H and O–H groups in total. The number of amidine groups is 1. The van der Waals surface area contributed by atoms with Crippen LogP contribution in [0, 0.1) is 5.82 Å². The largest absolute Gasteiger partial charge is 0.383 e. The number of halogens is 1. The van der Waals surface area contributed by atoms with Crippen LogP contribution in [0.4, 0.5) is 15.9 Å². The van der Waals surface area contributed by atoms with Gasteiger partial charge in [-0.25, -0.2) is 4.39 Å². The quantitative estimate of drug-likeness (QED) is 0.465. The van der Waals surface area contributed by atoms with E-state index >= 15 is 0 Å². The normalized spacial score (nSPS) is 17.6. The molecule has 144 valence electrons. The number of nitrogens with zero attached hydrogens (tertiary/aromatic N) is 3. The second-order valence-electron chi connectivity index (χ2n) is 6.43. The first-order valence-corrected chi connectivity index (χ1v) is 8.87. The molecule has 8 nitrogen and oxygen atoms in total. The number of piperidine rings is 1. The molecule has 0 bridgehead atoms. The Morgan fingerprint density at radius 1 is 1.48 bits per heavy atom. The van der Waals surface area contributed by atoms with Gasteiger partial charge in [0.1, 0.15) is 17.5 Å². The zero-order valence-electron chi connectivity index (χ0n) is 15.2. The summed E-state index contributed by atoms with van der Waals surface area (Å²) in [7, 11) is 1.68. The highest BCUT2D eigenvalue weighted by molar-refractivity contribution is 6.02. The lowest BCUT2D eigenvalue weighted by Crippen LogP contribution is -2.51. The number of amides is 1. The van der Waals surface area contributed by atoms with E-state index in [1.165, 1.54) is 6.07 Å². The van der Waals surface area contributed by atoms with Gasteiger partial charge in [0, 0.05) is 26.2 Å². The Morgan fingerprint density at radius 2 is 2.30 bits per heavy atom. The van der Waals surface area contributed by atoms with Gasteiger partial charge < -0.3 is 21.3 Å². The van der Waals surface area contributed by atoms with Crippen molar-refractivity contribution in [2.75, 3.05) is 37.7 Å². The van der Waals surface area contributed by atoms with Gasteiger partial charge in [0.15, 0.2) is 0 Å². The Labute approximate surface area is 157 Å².